The predicted octanol–water partition coefficient (Wildman–Crippen LogP) is 3.17. The fraction of sp³-hybridized carbons (Fsp3) is 0.250. The van der Waals surface area contributed by atoms with Crippen LogP contribution in [0.3, 0.4) is 0 Å². The van der Waals surface area contributed by atoms with Crippen molar-refractivity contribution in [2.45, 2.75) is 27.3 Å². The van der Waals surface area contributed by atoms with E-state index in [9.17, 15) is 9.59 Å². The maximum absolute atomic E-state index is 12.1. The molecule has 0 aliphatic carbocycles. The van der Waals surface area contributed by atoms with Crippen LogP contribution in [0.1, 0.15) is 16.7 Å². The first-order chi connectivity index (χ1) is 9.85. The first-order valence-electron chi connectivity index (χ1n) is 6.60. The number of hydrogen-bond acceptors (Lipinski definition) is 2. The quantitative estimate of drug-likeness (QED) is 0.925. The summed E-state index contributed by atoms with van der Waals surface area (Å²) in [7, 11) is 0. The average molecular weight is 349 g/mol. The number of pyridine rings is 1. The van der Waals surface area contributed by atoms with Crippen molar-refractivity contribution in [1.29, 1.82) is 0 Å². The van der Waals surface area contributed by atoms with Crippen LogP contribution in [0.25, 0.3) is 0 Å². The summed E-state index contributed by atoms with van der Waals surface area (Å²) in [5, 5.41) is 2.82. The van der Waals surface area contributed by atoms with Crippen LogP contribution in [0.5, 0.6) is 0 Å². The van der Waals surface area contributed by atoms with E-state index in [-0.39, 0.29) is 18.0 Å². The van der Waals surface area contributed by atoms with Gasteiger partial charge in [-0.1, -0.05) is 6.07 Å². The zero-order chi connectivity index (χ0) is 15.6. The molecule has 110 valence electrons. The van der Waals surface area contributed by atoms with Crippen LogP contribution >= 0.6 is 15.9 Å². The van der Waals surface area contributed by atoms with Crippen molar-refractivity contribution >= 4 is 27.5 Å². The maximum Gasteiger partial charge on any atom is 0.265 e. The molecule has 2 aromatic rings. The van der Waals surface area contributed by atoms with Gasteiger partial charge >= 0.3 is 0 Å². The highest BCUT2D eigenvalue weighted by Crippen LogP contribution is 2.14. The summed E-state index contributed by atoms with van der Waals surface area (Å²) in [5.41, 5.74) is 3.62. The van der Waals surface area contributed by atoms with E-state index in [1.807, 2.05) is 39.0 Å². The Bertz CT molecular complexity index is 730. The molecule has 0 atom stereocenters. The predicted molar refractivity (Wildman–Crippen MR) is 87.7 cm³/mol. The molecule has 0 fully saturated rings. The Morgan fingerprint density at radius 3 is 2.33 bits per heavy atom. The molecule has 0 radical (unpaired) electrons. The molecule has 4 nitrogen and oxygen atoms in total. The Balaban J connectivity index is 2.17. The summed E-state index contributed by atoms with van der Waals surface area (Å²) in [6.07, 6.45) is 1.67. The maximum atomic E-state index is 12.1. The third-order valence-corrected chi connectivity index (χ3v) is 3.57. The van der Waals surface area contributed by atoms with Crippen LogP contribution in [-0.4, -0.2) is 10.5 Å². The van der Waals surface area contributed by atoms with Crippen LogP contribution in [-0.2, 0) is 11.3 Å². The summed E-state index contributed by atoms with van der Waals surface area (Å²) in [6.45, 7) is 5.82. The topological polar surface area (TPSA) is 51.1 Å². The average Bonchev–Trinajstić information content (AvgIpc) is 2.33. The molecule has 0 saturated heterocycles. The van der Waals surface area contributed by atoms with E-state index in [2.05, 4.69) is 21.2 Å². The van der Waals surface area contributed by atoms with Crippen LogP contribution in [0, 0.1) is 20.8 Å². The fourth-order valence-electron chi connectivity index (χ4n) is 2.26. The lowest BCUT2D eigenvalue weighted by atomic mass is 10.1. The lowest BCUT2D eigenvalue weighted by Gasteiger charge is -2.10. The first kappa shape index (κ1) is 15.5. The number of halogens is 1. The highest BCUT2D eigenvalue weighted by atomic mass is 79.9. The van der Waals surface area contributed by atoms with Gasteiger partial charge in [0.15, 0.2) is 0 Å². The first-order valence-corrected chi connectivity index (χ1v) is 7.39. The number of amides is 1. The van der Waals surface area contributed by atoms with Crippen molar-refractivity contribution in [3.63, 3.8) is 0 Å². The number of nitrogens with zero attached hydrogens (tertiary/aromatic N) is 1. The van der Waals surface area contributed by atoms with E-state index < -0.39 is 0 Å². The highest BCUT2D eigenvalue weighted by molar-refractivity contribution is 9.10. The van der Waals surface area contributed by atoms with Crippen molar-refractivity contribution in [1.82, 2.24) is 4.57 Å². The van der Waals surface area contributed by atoms with Crippen LogP contribution in [0.2, 0.25) is 0 Å². The molecule has 0 spiro atoms. The molecule has 2 rings (SSSR count). The second kappa shape index (κ2) is 6.26. The van der Waals surface area contributed by atoms with Gasteiger partial charge in [-0.3, -0.25) is 9.59 Å². The number of aromatic nitrogens is 1. The van der Waals surface area contributed by atoms with Gasteiger partial charge < -0.3 is 9.88 Å². The molecule has 1 aromatic heterocycles. The molecule has 0 aliphatic rings. The van der Waals surface area contributed by atoms with E-state index in [4.69, 9.17) is 0 Å². The van der Waals surface area contributed by atoms with Crippen molar-refractivity contribution in [3.05, 3.63) is 62.0 Å². The number of rotatable bonds is 3. The van der Waals surface area contributed by atoms with Gasteiger partial charge in [0.25, 0.3) is 5.56 Å². The molecule has 0 unspecified atom stereocenters. The molecule has 0 bridgehead atoms. The zero-order valence-corrected chi connectivity index (χ0v) is 13.8. The van der Waals surface area contributed by atoms with Crippen molar-refractivity contribution in [2.24, 2.45) is 0 Å². The molecule has 1 aromatic carbocycles. The summed E-state index contributed by atoms with van der Waals surface area (Å²) >= 11 is 3.21. The van der Waals surface area contributed by atoms with Gasteiger partial charge in [-0.15, -0.1) is 0 Å². The second-order valence-corrected chi connectivity index (χ2v) is 6.08. The smallest absolute Gasteiger partial charge is 0.265 e. The fourth-order valence-corrected chi connectivity index (χ4v) is 2.85. The van der Waals surface area contributed by atoms with Crippen LogP contribution in [0.15, 0.2) is 39.7 Å². The molecular formula is C16H17BrN2O2. The number of benzene rings is 1. The van der Waals surface area contributed by atoms with Gasteiger partial charge in [0.05, 0.1) is 4.47 Å². The van der Waals surface area contributed by atoms with E-state index in [0.29, 0.717) is 4.47 Å². The van der Waals surface area contributed by atoms with Crippen molar-refractivity contribution < 1.29 is 4.79 Å². The second-order valence-electron chi connectivity index (χ2n) is 5.22. The third kappa shape index (κ3) is 4.04. The highest BCUT2D eigenvalue weighted by Gasteiger charge is 2.08. The Kier molecular flexibility index (Phi) is 4.63. The number of nitrogens with one attached hydrogen (secondary N) is 1. The minimum Gasteiger partial charge on any atom is -0.325 e. The van der Waals surface area contributed by atoms with Gasteiger partial charge in [0.1, 0.15) is 6.54 Å². The van der Waals surface area contributed by atoms with E-state index in [1.54, 1.807) is 12.3 Å². The summed E-state index contributed by atoms with van der Waals surface area (Å²) in [5.74, 6) is -0.223. The molecule has 5 heteroatoms. The van der Waals surface area contributed by atoms with Crippen LogP contribution in [0.4, 0.5) is 5.69 Å². The number of carbonyl (C=O) groups is 1. The lowest BCUT2D eigenvalue weighted by molar-refractivity contribution is -0.116. The van der Waals surface area contributed by atoms with Crippen molar-refractivity contribution in [2.75, 3.05) is 5.32 Å². The molecular weight excluding hydrogens is 332 g/mol. The SMILES string of the molecule is Cc1cc(C)cc(NC(=O)Cn2cc(C)cc(Br)c2=O)c1. The lowest BCUT2D eigenvalue weighted by Crippen LogP contribution is -2.28. The van der Waals surface area contributed by atoms with Gasteiger partial charge in [0, 0.05) is 11.9 Å². The molecule has 21 heavy (non-hydrogen) atoms. The largest absolute Gasteiger partial charge is 0.325 e. The Hall–Kier alpha value is -1.88. The molecule has 1 heterocycles. The van der Waals surface area contributed by atoms with Crippen molar-refractivity contribution in [3.8, 4) is 0 Å². The van der Waals surface area contributed by atoms with E-state index in [0.717, 1.165) is 22.4 Å². The Morgan fingerprint density at radius 2 is 1.71 bits per heavy atom. The Labute approximate surface area is 131 Å². The number of aryl methyl sites for hydroxylation is 3. The third-order valence-electron chi connectivity index (χ3n) is 3.00. The van der Waals surface area contributed by atoms with E-state index in [1.165, 1.54) is 4.57 Å². The standard InChI is InChI=1S/C16H17BrN2O2/c1-10-4-11(2)6-13(5-10)18-15(20)9-19-8-12(3)7-14(17)16(19)21/h4-8H,9H2,1-3H3,(H,18,20). The summed E-state index contributed by atoms with van der Waals surface area (Å²) in [4.78, 5) is 24.0. The Morgan fingerprint density at radius 1 is 1.10 bits per heavy atom. The number of carbonyl (C=O) groups excluding carboxylic acids is 1. The molecule has 1 N–H and O–H groups in total. The summed E-state index contributed by atoms with van der Waals surface area (Å²) in [6, 6.07) is 7.58. The van der Waals surface area contributed by atoms with Gasteiger partial charge in [-0.05, 0) is 71.6 Å². The number of anilines is 1. The zero-order valence-electron chi connectivity index (χ0n) is 12.2. The summed E-state index contributed by atoms with van der Waals surface area (Å²) < 4.78 is 1.86. The normalized spacial score (nSPS) is 10.5. The van der Waals surface area contributed by atoms with Gasteiger partial charge in [-0.2, -0.15) is 0 Å². The minimum atomic E-state index is -0.223. The molecule has 0 aliphatic heterocycles. The monoisotopic (exact) mass is 348 g/mol. The molecule has 0 saturated carbocycles. The minimum absolute atomic E-state index is 0.00783. The van der Waals surface area contributed by atoms with Gasteiger partial charge in [0.2, 0.25) is 5.91 Å². The van der Waals surface area contributed by atoms with E-state index >= 15 is 0 Å². The molecule has 1 amide bonds. The van der Waals surface area contributed by atoms with Crippen LogP contribution < -0.4 is 10.9 Å². The van der Waals surface area contributed by atoms with Gasteiger partial charge in [-0.25, -0.2) is 0 Å². The number of hydrogen-bond donors (Lipinski definition) is 1.